The molecule has 0 radical (unpaired) electrons. The zero-order valence-electron chi connectivity index (χ0n) is 15.9. The van der Waals surface area contributed by atoms with Crippen molar-refractivity contribution in [1.29, 1.82) is 0 Å². The number of aromatic nitrogens is 3. The first-order valence-corrected chi connectivity index (χ1v) is 11.1. The average Bonchev–Trinajstić information content (AvgIpc) is 3.09. The minimum Gasteiger partial charge on any atom is -0.497 e. The summed E-state index contributed by atoms with van der Waals surface area (Å²) in [6, 6.07) is 5.80. The van der Waals surface area contributed by atoms with E-state index in [1.165, 1.54) is 0 Å². The lowest BCUT2D eigenvalue weighted by molar-refractivity contribution is -0.611. The van der Waals surface area contributed by atoms with E-state index in [-0.39, 0.29) is 6.61 Å². The number of aliphatic hydroxyl groups excluding tert-OH is 1. The smallest absolute Gasteiger partial charge is 0.402 e. The zero-order valence-corrected chi connectivity index (χ0v) is 17.5. The van der Waals surface area contributed by atoms with Crippen LogP contribution in [0.5, 0.6) is 11.5 Å². The molecule has 2 aromatic heterocycles. The maximum Gasteiger partial charge on any atom is 0.402 e. The molecule has 0 unspecified atom stereocenters. The number of hydrogen-bond acceptors (Lipinski definition) is 6. The normalized spacial score (nSPS) is 11.1. The number of fused-ring (bicyclic) bond motifs is 1. The molecule has 144 valence electrons. The molecule has 2 N–H and O–H groups in total. The molecule has 6 nitrogen and oxygen atoms in total. The first kappa shape index (κ1) is 19.9. The molecule has 8 heteroatoms. The standard InChI is InChI=1S/C19H24N3O3S2/c1-12-10-22(17(11-27-26-8-7-23)13(2)18(12)25-4)19-20-15-6-5-14(24-3)9-16(15)21-19/h5-6,9-10,23H,7-8,11H2,1-4H3,(H,20,21)/q+1. The van der Waals surface area contributed by atoms with Crippen LogP contribution in [0.1, 0.15) is 16.8 Å². The molecule has 27 heavy (non-hydrogen) atoms. The Kier molecular flexibility index (Phi) is 6.51. The second-order valence-corrected chi connectivity index (χ2v) is 8.62. The van der Waals surface area contributed by atoms with Crippen LogP contribution in [0.25, 0.3) is 17.0 Å². The van der Waals surface area contributed by atoms with Gasteiger partial charge in [-0.25, -0.2) is 9.55 Å². The van der Waals surface area contributed by atoms with Crippen LogP contribution in [-0.4, -0.2) is 41.7 Å². The molecule has 0 fully saturated rings. The Morgan fingerprint density at radius 2 is 2.00 bits per heavy atom. The van der Waals surface area contributed by atoms with Gasteiger partial charge in [-0.15, -0.1) is 0 Å². The third-order valence-corrected chi connectivity index (χ3v) is 6.57. The highest BCUT2D eigenvalue weighted by Crippen LogP contribution is 2.30. The first-order valence-electron chi connectivity index (χ1n) is 8.57. The second-order valence-electron chi connectivity index (χ2n) is 6.04. The van der Waals surface area contributed by atoms with Gasteiger partial charge in [0.05, 0.1) is 32.8 Å². The number of aryl methyl sites for hydroxylation is 1. The van der Waals surface area contributed by atoms with E-state index < -0.39 is 0 Å². The summed E-state index contributed by atoms with van der Waals surface area (Å²) in [7, 11) is 6.72. The summed E-state index contributed by atoms with van der Waals surface area (Å²) < 4.78 is 13.0. The van der Waals surface area contributed by atoms with Crippen LogP contribution in [0.3, 0.4) is 0 Å². The van der Waals surface area contributed by atoms with Crippen LogP contribution in [0.4, 0.5) is 0 Å². The summed E-state index contributed by atoms with van der Waals surface area (Å²) >= 11 is 0. The Balaban J connectivity index is 2.07. The molecule has 0 bridgehead atoms. The molecule has 3 rings (SSSR count). The number of aromatic amines is 1. The molecule has 2 heterocycles. The number of nitrogens with one attached hydrogen (secondary N) is 1. The number of rotatable bonds is 8. The molecular formula is C19H24N3O3S2+. The SMILES string of the molecule is COc1ccc2nc(-[n+]3cc(C)c(OC)c(C)c3CSSCCO)[nH]c2c1. The minimum atomic E-state index is 0.180. The maximum absolute atomic E-state index is 9.01. The Morgan fingerprint density at radius 1 is 1.19 bits per heavy atom. The van der Waals surface area contributed by atoms with E-state index >= 15 is 0 Å². The fraction of sp³-hybridized carbons (Fsp3) is 0.368. The van der Waals surface area contributed by atoms with Gasteiger partial charge in [-0.1, -0.05) is 26.6 Å². The maximum atomic E-state index is 9.01. The number of H-pyrrole nitrogens is 1. The number of methoxy groups -OCH3 is 2. The van der Waals surface area contributed by atoms with Gasteiger partial charge in [0, 0.05) is 22.9 Å². The van der Waals surface area contributed by atoms with Crippen LogP contribution in [-0.2, 0) is 5.75 Å². The third kappa shape index (κ3) is 4.17. The van der Waals surface area contributed by atoms with Gasteiger partial charge < -0.3 is 14.6 Å². The molecule has 1 aromatic carbocycles. The topological polar surface area (TPSA) is 71.2 Å². The number of imidazole rings is 1. The molecule has 0 aliphatic heterocycles. The molecule has 0 aliphatic carbocycles. The lowest BCUT2D eigenvalue weighted by Gasteiger charge is -2.15. The van der Waals surface area contributed by atoms with Crippen LogP contribution >= 0.6 is 21.6 Å². The number of nitrogens with zero attached hydrogens (tertiary/aromatic N) is 2. The molecule has 0 aliphatic rings. The predicted molar refractivity (Wildman–Crippen MR) is 111 cm³/mol. The summed E-state index contributed by atoms with van der Waals surface area (Å²) in [6.45, 7) is 4.28. The monoisotopic (exact) mass is 406 g/mol. The van der Waals surface area contributed by atoms with Gasteiger partial charge in [-0.05, 0) is 26.0 Å². The quantitative estimate of drug-likeness (QED) is 0.340. The van der Waals surface area contributed by atoms with Crippen LogP contribution < -0.4 is 14.0 Å². The highest BCUT2D eigenvalue weighted by molar-refractivity contribution is 8.76. The second kappa shape index (κ2) is 8.86. The predicted octanol–water partition coefficient (Wildman–Crippen LogP) is 3.35. The van der Waals surface area contributed by atoms with Gasteiger partial charge in [0.25, 0.3) is 0 Å². The van der Waals surface area contributed by atoms with E-state index in [1.807, 2.05) is 31.3 Å². The van der Waals surface area contributed by atoms with Crippen molar-refractivity contribution in [2.24, 2.45) is 0 Å². The van der Waals surface area contributed by atoms with Crippen molar-refractivity contribution < 1.29 is 19.1 Å². The number of benzene rings is 1. The molecular weight excluding hydrogens is 382 g/mol. The molecule has 3 aromatic rings. The number of hydrogen-bond donors (Lipinski definition) is 2. The molecule has 0 spiro atoms. The van der Waals surface area contributed by atoms with E-state index in [0.29, 0.717) is 5.75 Å². The molecule has 0 saturated carbocycles. The van der Waals surface area contributed by atoms with Gasteiger partial charge >= 0.3 is 5.95 Å². The molecule has 0 atom stereocenters. The van der Waals surface area contributed by atoms with Gasteiger partial charge in [-0.2, -0.15) is 0 Å². The van der Waals surface area contributed by atoms with Crippen molar-refractivity contribution >= 4 is 32.6 Å². The fourth-order valence-electron chi connectivity index (χ4n) is 3.03. The Labute approximate surface area is 166 Å². The Bertz CT molecular complexity index is 944. The van der Waals surface area contributed by atoms with E-state index in [0.717, 1.165) is 51.1 Å². The van der Waals surface area contributed by atoms with Crippen molar-refractivity contribution in [3.8, 4) is 17.4 Å². The van der Waals surface area contributed by atoms with Crippen molar-refractivity contribution in [3.05, 3.63) is 41.2 Å². The van der Waals surface area contributed by atoms with Crippen molar-refractivity contribution in [3.63, 3.8) is 0 Å². The van der Waals surface area contributed by atoms with Crippen molar-refractivity contribution in [1.82, 2.24) is 9.97 Å². The van der Waals surface area contributed by atoms with Crippen LogP contribution in [0, 0.1) is 13.8 Å². The number of aliphatic hydroxyl groups is 1. The molecule has 0 saturated heterocycles. The Hall–Kier alpha value is -1.90. The van der Waals surface area contributed by atoms with Crippen molar-refractivity contribution in [2.75, 3.05) is 26.6 Å². The summed E-state index contributed by atoms with van der Waals surface area (Å²) in [5, 5.41) is 9.01. The lowest BCUT2D eigenvalue weighted by Crippen LogP contribution is -2.38. The highest BCUT2D eigenvalue weighted by atomic mass is 33.1. The fourth-order valence-corrected chi connectivity index (χ4v) is 4.93. The third-order valence-electron chi connectivity index (χ3n) is 4.31. The van der Waals surface area contributed by atoms with Gasteiger partial charge in [-0.3, -0.25) is 0 Å². The summed E-state index contributed by atoms with van der Waals surface area (Å²) in [6.07, 6.45) is 2.05. The van der Waals surface area contributed by atoms with Gasteiger partial charge in [0.2, 0.25) is 0 Å². The highest BCUT2D eigenvalue weighted by Gasteiger charge is 2.22. The van der Waals surface area contributed by atoms with E-state index in [1.54, 1.807) is 35.8 Å². The van der Waals surface area contributed by atoms with Crippen LogP contribution in [0.2, 0.25) is 0 Å². The summed E-state index contributed by atoms with van der Waals surface area (Å²) in [5.74, 6) is 3.92. The minimum absolute atomic E-state index is 0.180. The van der Waals surface area contributed by atoms with Crippen LogP contribution in [0.15, 0.2) is 24.4 Å². The van der Waals surface area contributed by atoms with E-state index in [4.69, 9.17) is 19.6 Å². The summed E-state index contributed by atoms with van der Waals surface area (Å²) in [4.78, 5) is 8.15. The van der Waals surface area contributed by atoms with Gasteiger partial charge in [0.1, 0.15) is 22.7 Å². The van der Waals surface area contributed by atoms with Gasteiger partial charge in [0.15, 0.2) is 5.52 Å². The number of ether oxygens (including phenoxy) is 2. The molecule has 0 amide bonds. The first-order chi connectivity index (χ1) is 13.1. The number of pyridine rings is 1. The Morgan fingerprint density at radius 3 is 2.70 bits per heavy atom. The van der Waals surface area contributed by atoms with E-state index in [9.17, 15) is 0 Å². The zero-order chi connectivity index (χ0) is 19.4. The lowest BCUT2D eigenvalue weighted by atomic mass is 10.1. The summed E-state index contributed by atoms with van der Waals surface area (Å²) in [5.41, 5.74) is 5.06. The van der Waals surface area contributed by atoms with E-state index in [2.05, 4.69) is 16.5 Å². The average molecular weight is 407 g/mol. The largest absolute Gasteiger partial charge is 0.497 e. The van der Waals surface area contributed by atoms with Crippen molar-refractivity contribution in [2.45, 2.75) is 19.6 Å².